The Morgan fingerprint density at radius 1 is 1.50 bits per heavy atom. The van der Waals surface area contributed by atoms with E-state index in [1.54, 1.807) is 16.8 Å². The number of aromatic nitrogens is 1. The van der Waals surface area contributed by atoms with E-state index < -0.39 is 5.91 Å². The van der Waals surface area contributed by atoms with Gasteiger partial charge < -0.3 is 21.4 Å². The summed E-state index contributed by atoms with van der Waals surface area (Å²) >= 11 is 0. The van der Waals surface area contributed by atoms with Crippen LogP contribution in [0.15, 0.2) is 12.3 Å². The Labute approximate surface area is 93.6 Å². The van der Waals surface area contributed by atoms with E-state index in [-0.39, 0.29) is 12.5 Å². The SMILES string of the molecule is CCCn1cc(N)cc1C(=O)NCC(N)=O. The monoisotopic (exact) mass is 224 g/mol. The molecule has 0 fully saturated rings. The van der Waals surface area contributed by atoms with E-state index in [2.05, 4.69) is 5.32 Å². The van der Waals surface area contributed by atoms with E-state index in [0.717, 1.165) is 6.42 Å². The van der Waals surface area contributed by atoms with Gasteiger partial charge in [0.25, 0.3) is 5.91 Å². The Balaban J connectivity index is 2.77. The Kier molecular flexibility index (Phi) is 3.93. The number of carbonyl (C=O) groups excluding carboxylic acids is 2. The van der Waals surface area contributed by atoms with Crippen molar-refractivity contribution in [2.45, 2.75) is 19.9 Å². The molecule has 1 aromatic heterocycles. The van der Waals surface area contributed by atoms with E-state index in [9.17, 15) is 9.59 Å². The van der Waals surface area contributed by atoms with Crippen LogP contribution in [0.5, 0.6) is 0 Å². The molecule has 2 amide bonds. The average molecular weight is 224 g/mol. The van der Waals surface area contributed by atoms with Crippen LogP contribution in [-0.2, 0) is 11.3 Å². The average Bonchev–Trinajstić information content (AvgIpc) is 2.56. The van der Waals surface area contributed by atoms with Crippen molar-refractivity contribution in [3.8, 4) is 0 Å². The summed E-state index contributed by atoms with van der Waals surface area (Å²) in [5.41, 5.74) is 11.5. The second-order valence-corrected chi connectivity index (χ2v) is 3.50. The standard InChI is InChI=1S/C10H16N4O2/c1-2-3-14-6-7(11)4-8(14)10(16)13-5-9(12)15/h4,6H,2-3,5,11H2,1H3,(H2,12,15)(H,13,16). The maximum atomic E-state index is 11.7. The summed E-state index contributed by atoms with van der Waals surface area (Å²) in [7, 11) is 0. The zero-order valence-corrected chi connectivity index (χ0v) is 9.19. The van der Waals surface area contributed by atoms with Gasteiger partial charge in [0.2, 0.25) is 5.91 Å². The lowest BCUT2D eigenvalue weighted by atomic mass is 10.3. The Bertz CT molecular complexity index is 398. The van der Waals surface area contributed by atoms with Crippen LogP contribution >= 0.6 is 0 Å². The van der Waals surface area contributed by atoms with E-state index in [0.29, 0.717) is 17.9 Å². The van der Waals surface area contributed by atoms with Crippen molar-refractivity contribution in [2.75, 3.05) is 12.3 Å². The van der Waals surface area contributed by atoms with Gasteiger partial charge in [-0.1, -0.05) is 6.92 Å². The first-order chi connectivity index (χ1) is 7.54. The van der Waals surface area contributed by atoms with Crippen molar-refractivity contribution < 1.29 is 9.59 Å². The summed E-state index contributed by atoms with van der Waals surface area (Å²) in [6.07, 6.45) is 2.59. The number of rotatable bonds is 5. The lowest BCUT2D eigenvalue weighted by Crippen LogP contribution is -2.34. The van der Waals surface area contributed by atoms with Gasteiger partial charge in [0, 0.05) is 12.7 Å². The zero-order chi connectivity index (χ0) is 12.1. The van der Waals surface area contributed by atoms with Gasteiger partial charge in [-0.2, -0.15) is 0 Å². The molecule has 0 unspecified atom stereocenters. The van der Waals surface area contributed by atoms with E-state index in [1.165, 1.54) is 0 Å². The molecule has 88 valence electrons. The van der Waals surface area contributed by atoms with Gasteiger partial charge in [0.05, 0.1) is 12.2 Å². The molecule has 0 radical (unpaired) electrons. The number of amides is 2. The number of nitrogens with zero attached hydrogens (tertiary/aromatic N) is 1. The second kappa shape index (κ2) is 5.20. The molecule has 1 aromatic rings. The normalized spacial score (nSPS) is 10.1. The molecule has 0 spiro atoms. The number of nitrogens with one attached hydrogen (secondary N) is 1. The topological polar surface area (TPSA) is 103 Å². The van der Waals surface area contributed by atoms with Gasteiger partial charge in [-0.25, -0.2) is 0 Å². The van der Waals surface area contributed by atoms with Gasteiger partial charge in [0.1, 0.15) is 5.69 Å². The second-order valence-electron chi connectivity index (χ2n) is 3.50. The number of primary amides is 1. The smallest absolute Gasteiger partial charge is 0.268 e. The van der Waals surface area contributed by atoms with Crippen molar-refractivity contribution in [3.63, 3.8) is 0 Å². The molecule has 0 saturated heterocycles. The highest BCUT2D eigenvalue weighted by molar-refractivity contribution is 5.95. The third-order valence-electron chi connectivity index (χ3n) is 2.04. The number of aryl methyl sites for hydroxylation is 1. The fourth-order valence-electron chi connectivity index (χ4n) is 1.41. The van der Waals surface area contributed by atoms with Gasteiger partial charge in [-0.15, -0.1) is 0 Å². The minimum atomic E-state index is -0.574. The largest absolute Gasteiger partial charge is 0.397 e. The number of nitrogen functional groups attached to an aromatic ring is 1. The molecule has 6 nitrogen and oxygen atoms in total. The van der Waals surface area contributed by atoms with Crippen molar-refractivity contribution >= 4 is 17.5 Å². The summed E-state index contributed by atoms with van der Waals surface area (Å²) in [4.78, 5) is 22.2. The van der Waals surface area contributed by atoms with Gasteiger partial charge in [-0.05, 0) is 12.5 Å². The molecule has 0 aliphatic heterocycles. The first-order valence-corrected chi connectivity index (χ1v) is 5.06. The van der Waals surface area contributed by atoms with E-state index in [1.807, 2.05) is 6.92 Å². The molecule has 0 saturated carbocycles. The minimum absolute atomic E-state index is 0.171. The van der Waals surface area contributed by atoms with Crippen LogP contribution in [0.25, 0.3) is 0 Å². The maximum absolute atomic E-state index is 11.7. The summed E-state index contributed by atoms with van der Waals surface area (Å²) in [6, 6.07) is 1.58. The molecule has 5 N–H and O–H groups in total. The fourth-order valence-corrected chi connectivity index (χ4v) is 1.41. The van der Waals surface area contributed by atoms with Gasteiger partial charge in [-0.3, -0.25) is 9.59 Å². The summed E-state index contributed by atoms with van der Waals surface area (Å²) in [5.74, 6) is -0.918. The van der Waals surface area contributed by atoms with Crippen molar-refractivity contribution in [1.82, 2.24) is 9.88 Å². The predicted molar refractivity (Wildman–Crippen MR) is 60.7 cm³/mol. The maximum Gasteiger partial charge on any atom is 0.268 e. The molecular formula is C10H16N4O2. The van der Waals surface area contributed by atoms with Crippen LogP contribution in [0, 0.1) is 0 Å². The molecule has 1 heterocycles. The van der Waals surface area contributed by atoms with Gasteiger partial charge in [0.15, 0.2) is 0 Å². The zero-order valence-electron chi connectivity index (χ0n) is 9.19. The summed E-state index contributed by atoms with van der Waals surface area (Å²) < 4.78 is 1.76. The quantitative estimate of drug-likeness (QED) is 0.639. The van der Waals surface area contributed by atoms with Crippen LogP contribution < -0.4 is 16.8 Å². The van der Waals surface area contributed by atoms with Crippen LogP contribution in [-0.4, -0.2) is 22.9 Å². The van der Waals surface area contributed by atoms with E-state index >= 15 is 0 Å². The Morgan fingerprint density at radius 2 is 2.19 bits per heavy atom. The van der Waals surface area contributed by atoms with Crippen LogP contribution in [0.1, 0.15) is 23.8 Å². The highest BCUT2D eigenvalue weighted by Gasteiger charge is 2.12. The van der Waals surface area contributed by atoms with Crippen molar-refractivity contribution in [2.24, 2.45) is 5.73 Å². The van der Waals surface area contributed by atoms with Crippen LogP contribution in [0.3, 0.4) is 0 Å². The summed E-state index contributed by atoms with van der Waals surface area (Å²) in [5, 5.41) is 2.42. The number of nitrogens with two attached hydrogens (primary N) is 2. The first kappa shape index (κ1) is 12.1. The van der Waals surface area contributed by atoms with Crippen LogP contribution in [0.2, 0.25) is 0 Å². The highest BCUT2D eigenvalue weighted by Crippen LogP contribution is 2.11. The molecule has 0 atom stereocenters. The molecule has 0 aliphatic carbocycles. The third kappa shape index (κ3) is 3.01. The lowest BCUT2D eigenvalue weighted by molar-refractivity contribution is -0.117. The summed E-state index contributed by atoms with van der Waals surface area (Å²) in [6.45, 7) is 2.54. The molecule has 0 aliphatic rings. The number of hydrogen-bond donors (Lipinski definition) is 3. The van der Waals surface area contributed by atoms with Crippen LogP contribution in [0.4, 0.5) is 5.69 Å². The predicted octanol–water partition coefficient (Wildman–Crippen LogP) is -0.305. The number of carbonyl (C=O) groups is 2. The Morgan fingerprint density at radius 3 is 2.75 bits per heavy atom. The molecule has 0 bridgehead atoms. The molecule has 6 heteroatoms. The minimum Gasteiger partial charge on any atom is -0.397 e. The van der Waals surface area contributed by atoms with E-state index in [4.69, 9.17) is 11.5 Å². The first-order valence-electron chi connectivity index (χ1n) is 5.06. The lowest BCUT2D eigenvalue weighted by Gasteiger charge is -2.07. The van der Waals surface area contributed by atoms with Crippen molar-refractivity contribution in [3.05, 3.63) is 18.0 Å². The molecule has 16 heavy (non-hydrogen) atoms. The fraction of sp³-hybridized carbons (Fsp3) is 0.400. The molecule has 1 rings (SSSR count). The third-order valence-corrected chi connectivity index (χ3v) is 2.04. The van der Waals surface area contributed by atoms with Gasteiger partial charge >= 0.3 is 0 Å². The van der Waals surface area contributed by atoms with Crippen molar-refractivity contribution in [1.29, 1.82) is 0 Å². The number of hydrogen-bond acceptors (Lipinski definition) is 3. The highest BCUT2D eigenvalue weighted by atomic mass is 16.2. The molecule has 0 aromatic carbocycles. The number of anilines is 1. The molecular weight excluding hydrogens is 208 g/mol. The Hall–Kier alpha value is -1.98.